The van der Waals surface area contributed by atoms with Crippen molar-refractivity contribution in [3.8, 4) is 10.8 Å². The molecule has 1 amide bonds. The number of aromatic nitrogens is 2. The molecule has 2 aromatic heterocycles. The first kappa shape index (κ1) is 39.3. The number of hydrogen-bond donors (Lipinski definition) is 5. The lowest BCUT2D eigenvalue weighted by molar-refractivity contribution is -0.193. The summed E-state index contributed by atoms with van der Waals surface area (Å²) in [6.07, 6.45) is -8.82. The number of fused-ring (bicyclic) bond motifs is 1. The van der Waals surface area contributed by atoms with Crippen LogP contribution in [0, 0.1) is 0 Å². The molecule has 0 saturated heterocycles. The summed E-state index contributed by atoms with van der Waals surface area (Å²) in [6.45, 7) is 2.76. The predicted octanol–water partition coefficient (Wildman–Crippen LogP) is 5.81. The summed E-state index contributed by atoms with van der Waals surface area (Å²) in [7, 11) is 0. The van der Waals surface area contributed by atoms with Gasteiger partial charge in [0.1, 0.15) is 28.1 Å². The van der Waals surface area contributed by atoms with Gasteiger partial charge in [-0.3, -0.25) is 14.2 Å². The Balaban J connectivity index is 0.000000479. The molecule has 1 atom stereocenters. The zero-order chi connectivity index (χ0) is 36.4. The molecule has 0 radical (unpaired) electrons. The summed E-state index contributed by atoms with van der Waals surface area (Å²) in [5, 5.41) is 27.5. The number of amides is 1. The van der Waals surface area contributed by atoms with Crippen molar-refractivity contribution < 1.29 is 65.6 Å². The number of carboxylic acid groups (broad SMARTS) is 3. The third-order valence-corrected chi connectivity index (χ3v) is 7.21. The second kappa shape index (κ2) is 16.8. The molecule has 0 aliphatic heterocycles. The number of carbonyl (C=O) groups is 4. The fourth-order valence-electron chi connectivity index (χ4n) is 3.57. The standard InChI is InChI=1S/C24H23ClN4O4S.2C2HF3O2/c1-14(16-4-2-3-5-17(16)25)33-20-11-21(34-23(20)24(26)32)29-13-28-18-7-6-15(10-19(18)29)12-27-9-8-22(30)31;2*3-2(4,5)1(6)7/h2-7,10-11,13-14,27H,8-9,12H2,1H3,(H2,26,32)(H,30,31);2*(H,6,7)/t14-;;/m1../s1. The molecule has 4 aromatic rings. The van der Waals surface area contributed by atoms with Crippen LogP contribution in [-0.4, -0.2) is 67.6 Å². The first-order valence-electron chi connectivity index (χ1n) is 13.1. The average Bonchev–Trinajstić information content (AvgIpc) is 3.59. The Kier molecular flexibility index (Phi) is 13.8. The van der Waals surface area contributed by atoms with E-state index >= 15 is 0 Å². The lowest BCUT2D eigenvalue weighted by atomic mass is 10.1. The van der Waals surface area contributed by atoms with Crippen LogP contribution in [0.5, 0.6) is 5.75 Å². The van der Waals surface area contributed by atoms with Gasteiger partial charge in [-0.2, -0.15) is 26.3 Å². The van der Waals surface area contributed by atoms with Crippen molar-refractivity contribution >= 4 is 57.8 Å². The molecule has 0 fully saturated rings. The lowest BCUT2D eigenvalue weighted by Crippen LogP contribution is -2.21. The molecule has 0 aliphatic rings. The van der Waals surface area contributed by atoms with Gasteiger partial charge in [0.2, 0.25) is 0 Å². The Labute approximate surface area is 275 Å². The summed E-state index contributed by atoms with van der Waals surface area (Å²) in [5.74, 6) is -6.55. The van der Waals surface area contributed by atoms with Gasteiger partial charge in [-0.05, 0) is 30.7 Å². The van der Waals surface area contributed by atoms with Gasteiger partial charge in [0.05, 0.1) is 17.5 Å². The number of rotatable bonds is 10. The molecule has 260 valence electrons. The minimum atomic E-state index is -5.08. The van der Waals surface area contributed by atoms with Gasteiger partial charge in [0.25, 0.3) is 5.91 Å². The van der Waals surface area contributed by atoms with E-state index in [4.69, 9.17) is 47.0 Å². The van der Waals surface area contributed by atoms with Gasteiger partial charge in [-0.25, -0.2) is 14.6 Å². The van der Waals surface area contributed by atoms with Crippen LogP contribution in [0.3, 0.4) is 0 Å². The zero-order valence-corrected chi connectivity index (χ0v) is 25.9. The molecule has 48 heavy (non-hydrogen) atoms. The summed E-state index contributed by atoms with van der Waals surface area (Å²) >= 11 is 7.52. The number of halogens is 7. The summed E-state index contributed by atoms with van der Waals surface area (Å²) < 4.78 is 71.5. The molecule has 0 bridgehead atoms. The van der Waals surface area contributed by atoms with Gasteiger partial charge in [0, 0.05) is 29.7 Å². The maximum atomic E-state index is 12.2. The third-order valence-electron chi connectivity index (χ3n) is 5.73. The molecular weight excluding hydrogens is 702 g/mol. The van der Waals surface area contributed by atoms with Gasteiger partial charge >= 0.3 is 30.3 Å². The van der Waals surface area contributed by atoms with E-state index in [-0.39, 0.29) is 6.42 Å². The molecule has 4 rings (SSSR count). The highest BCUT2D eigenvalue weighted by molar-refractivity contribution is 7.16. The van der Waals surface area contributed by atoms with E-state index in [1.54, 1.807) is 18.5 Å². The van der Waals surface area contributed by atoms with Crippen molar-refractivity contribution in [3.63, 3.8) is 0 Å². The van der Waals surface area contributed by atoms with E-state index in [9.17, 15) is 35.9 Å². The van der Waals surface area contributed by atoms with Crippen molar-refractivity contribution in [1.29, 1.82) is 0 Å². The largest absolute Gasteiger partial charge is 0.490 e. The molecule has 0 aliphatic carbocycles. The second-order valence-corrected chi connectivity index (χ2v) is 10.7. The Morgan fingerprint density at radius 2 is 1.58 bits per heavy atom. The number of carboxylic acids is 3. The van der Waals surface area contributed by atoms with Crippen LogP contribution < -0.4 is 15.8 Å². The fourth-order valence-corrected chi connectivity index (χ4v) is 4.78. The summed E-state index contributed by atoms with van der Waals surface area (Å²) in [6, 6.07) is 15.0. The van der Waals surface area contributed by atoms with Crippen molar-refractivity contribution in [2.24, 2.45) is 5.73 Å². The van der Waals surface area contributed by atoms with Gasteiger partial charge in [-0.1, -0.05) is 35.9 Å². The minimum absolute atomic E-state index is 0.0562. The van der Waals surface area contributed by atoms with Crippen LogP contribution >= 0.6 is 22.9 Å². The first-order chi connectivity index (χ1) is 22.2. The van der Waals surface area contributed by atoms with Crippen LogP contribution in [0.25, 0.3) is 16.0 Å². The molecule has 2 heterocycles. The Hall–Kier alpha value is -4.88. The predicted molar refractivity (Wildman–Crippen MR) is 159 cm³/mol. The van der Waals surface area contributed by atoms with E-state index in [0.29, 0.717) is 28.7 Å². The number of benzene rings is 2. The topological polar surface area (TPSA) is 194 Å². The van der Waals surface area contributed by atoms with Crippen LogP contribution in [0.1, 0.15) is 40.2 Å². The van der Waals surface area contributed by atoms with E-state index in [1.807, 2.05) is 47.9 Å². The molecule has 0 saturated carbocycles. The van der Waals surface area contributed by atoms with Crippen LogP contribution in [-0.2, 0) is 20.9 Å². The fraction of sp³-hybridized carbons (Fsp3) is 0.250. The van der Waals surface area contributed by atoms with Gasteiger partial charge < -0.3 is 31.1 Å². The number of nitrogens with two attached hydrogens (primary N) is 1. The number of thiophene rings is 1. The van der Waals surface area contributed by atoms with E-state index < -0.39 is 42.3 Å². The lowest BCUT2D eigenvalue weighted by Gasteiger charge is -2.16. The van der Waals surface area contributed by atoms with E-state index in [2.05, 4.69) is 10.3 Å². The van der Waals surface area contributed by atoms with Crippen LogP contribution in [0.2, 0.25) is 5.02 Å². The number of hydrogen-bond acceptors (Lipinski definition) is 8. The number of alkyl halides is 6. The zero-order valence-electron chi connectivity index (χ0n) is 24.3. The number of nitrogens with one attached hydrogen (secondary N) is 1. The minimum Gasteiger partial charge on any atom is -0.484 e. The van der Waals surface area contributed by atoms with Crippen LogP contribution in [0.4, 0.5) is 26.3 Å². The highest BCUT2D eigenvalue weighted by Gasteiger charge is 2.38. The Bertz CT molecular complexity index is 1740. The highest BCUT2D eigenvalue weighted by atomic mass is 35.5. The SMILES string of the molecule is C[C@@H](Oc1cc(-n2cnc3ccc(CNCCC(=O)O)cc32)sc1C(N)=O)c1ccccc1Cl.O=C(O)C(F)(F)F.O=C(O)C(F)(F)F. The Morgan fingerprint density at radius 1 is 1.00 bits per heavy atom. The number of nitrogens with zero attached hydrogens (tertiary/aromatic N) is 2. The van der Waals surface area contributed by atoms with Gasteiger partial charge in [0.15, 0.2) is 0 Å². The monoisotopic (exact) mass is 726 g/mol. The molecule has 12 nitrogen and oxygen atoms in total. The van der Waals surface area contributed by atoms with E-state index in [1.165, 1.54) is 11.3 Å². The molecule has 20 heteroatoms. The quantitative estimate of drug-likeness (QED) is 0.0983. The van der Waals surface area contributed by atoms with Crippen molar-refractivity contribution in [1.82, 2.24) is 14.9 Å². The van der Waals surface area contributed by atoms with Gasteiger partial charge in [-0.15, -0.1) is 11.3 Å². The average molecular weight is 727 g/mol. The first-order valence-corrected chi connectivity index (χ1v) is 14.3. The van der Waals surface area contributed by atoms with Crippen molar-refractivity contribution in [3.05, 3.63) is 75.9 Å². The van der Waals surface area contributed by atoms with Crippen LogP contribution in [0.15, 0.2) is 54.9 Å². The normalized spacial score (nSPS) is 11.8. The summed E-state index contributed by atoms with van der Waals surface area (Å²) in [5.41, 5.74) is 9.06. The smallest absolute Gasteiger partial charge is 0.484 e. The molecule has 6 N–H and O–H groups in total. The van der Waals surface area contributed by atoms with Crippen molar-refractivity contribution in [2.75, 3.05) is 6.54 Å². The third kappa shape index (κ3) is 11.7. The summed E-state index contributed by atoms with van der Waals surface area (Å²) in [4.78, 5) is 45.4. The number of primary amides is 1. The number of carbonyl (C=O) groups excluding carboxylic acids is 1. The number of aliphatic carboxylic acids is 3. The molecular formula is C28H25ClF6N4O8S. The molecule has 0 spiro atoms. The highest BCUT2D eigenvalue weighted by Crippen LogP contribution is 2.37. The maximum absolute atomic E-state index is 12.2. The Morgan fingerprint density at radius 3 is 2.10 bits per heavy atom. The number of imidazole rings is 1. The van der Waals surface area contributed by atoms with E-state index in [0.717, 1.165) is 27.2 Å². The second-order valence-electron chi connectivity index (χ2n) is 9.29. The maximum Gasteiger partial charge on any atom is 0.490 e. The molecule has 0 unspecified atom stereocenters. The molecule has 2 aromatic carbocycles. The van der Waals surface area contributed by atoms with Crippen molar-refractivity contribution in [2.45, 2.75) is 38.3 Å². The number of ether oxygens (including phenoxy) is 1.